The van der Waals surface area contributed by atoms with Crippen molar-refractivity contribution in [3.05, 3.63) is 23.8 Å². The van der Waals surface area contributed by atoms with Gasteiger partial charge in [0, 0.05) is 11.3 Å². The summed E-state index contributed by atoms with van der Waals surface area (Å²) in [4.78, 5) is 12.1. The molecule has 3 unspecified atom stereocenters. The molecule has 0 radical (unpaired) electrons. The summed E-state index contributed by atoms with van der Waals surface area (Å²) in [7, 11) is 0. The van der Waals surface area contributed by atoms with Gasteiger partial charge >= 0.3 is 0 Å². The Hall–Kier alpha value is -0.890. The third-order valence-electron chi connectivity index (χ3n) is 8.12. The van der Waals surface area contributed by atoms with Crippen molar-refractivity contribution >= 4 is 5.78 Å². The van der Waals surface area contributed by atoms with Crippen LogP contribution in [0, 0.1) is 34.5 Å². The first-order valence-corrected chi connectivity index (χ1v) is 9.43. The number of hydrogen-bond acceptors (Lipinski definition) is 2. The van der Waals surface area contributed by atoms with Crippen molar-refractivity contribution in [2.24, 2.45) is 34.5 Å². The minimum Gasteiger partial charge on any atom is -0.389 e. The molecule has 0 amide bonds. The van der Waals surface area contributed by atoms with Crippen molar-refractivity contribution < 1.29 is 9.90 Å². The van der Waals surface area contributed by atoms with Crippen molar-refractivity contribution in [3.63, 3.8) is 0 Å². The Balaban J connectivity index is 1.69. The van der Waals surface area contributed by atoms with E-state index < -0.39 is 0 Å². The summed E-state index contributed by atoms with van der Waals surface area (Å²) in [6, 6.07) is 0. The highest BCUT2D eigenvalue weighted by Gasteiger charge is 2.58. The van der Waals surface area contributed by atoms with E-state index in [-0.39, 0.29) is 22.9 Å². The first-order chi connectivity index (χ1) is 10.9. The average Bonchev–Trinajstić information content (AvgIpc) is 2.85. The summed E-state index contributed by atoms with van der Waals surface area (Å²) in [5.41, 5.74) is 1.82. The standard InChI is InChI=1S/C21H30O2/c1-13(22)17-6-7-18-16-5-4-14-12-15(23)8-10-20(14,2)19(16)9-11-21(17,18)3/h4,8,10,15-19,23H,5-7,9,11-12H2,1-3H3/t15-,16?,17+,18?,19?,20-,21+/m0/s1. The smallest absolute Gasteiger partial charge is 0.133 e. The predicted octanol–water partition coefficient (Wildman–Crippen LogP) is 4.29. The van der Waals surface area contributed by atoms with Crippen LogP contribution < -0.4 is 0 Å². The van der Waals surface area contributed by atoms with Gasteiger partial charge in [0.2, 0.25) is 0 Å². The molecule has 0 aromatic rings. The number of ketones is 1. The van der Waals surface area contributed by atoms with Gasteiger partial charge in [0.15, 0.2) is 0 Å². The highest BCUT2D eigenvalue weighted by atomic mass is 16.3. The molecule has 0 aromatic carbocycles. The topological polar surface area (TPSA) is 37.3 Å². The first kappa shape index (κ1) is 15.6. The van der Waals surface area contributed by atoms with Crippen molar-refractivity contribution in [2.75, 3.05) is 0 Å². The van der Waals surface area contributed by atoms with E-state index in [1.165, 1.54) is 24.8 Å². The Bertz CT molecular complexity index is 589. The van der Waals surface area contributed by atoms with E-state index >= 15 is 0 Å². The first-order valence-electron chi connectivity index (χ1n) is 9.43. The molecule has 0 spiro atoms. The minimum absolute atomic E-state index is 0.137. The monoisotopic (exact) mass is 314 g/mol. The molecular weight excluding hydrogens is 284 g/mol. The van der Waals surface area contributed by atoms with Gasteiger partial charge in [-0.05, 0) is 68.6 Å². The highest BCUT2D eigenvalue weighted by Crippen LogP contribution is 2.65. The fourth-order valence-corrected chi connectivity index (χ4v) is 6.90. The lowest BCUT2D eigenvalue weighted by Crippen LogP contribution is -2.49. The molecule has 2 nitrogen and oxygen atoms in total. The number of aliphatic hydroxyl groups is 1. The normalized spacial score (nSPS) is 51.5. The highest BCUT2D eigenvalue weighted by molar-refractivity contribution is 5.79. The minimum atomic E-state index is -0.298. The van der Waals surface area contributed by atoms with Gasteiger partial charge in [-0.2, -0.15) is 0 Å². The fraction of sp³-hybridized carbons (Fsp3) is 0.762. The Labute approximate surface area is 140 Å². The molecule has 2 heteroatoms. The zero-order valence-electron chi connectivity index (χ0n) is 14.7. The zero-order valence-corrected chi connectivity index (χ0v) is 14.7. The van der Waals surface area contributed by atoms with Crippen LogP contribution >= 0.6 is 0 Å². The number of allylic oxidation sites excluding steroid dienone is 2. The molecule has 0 bridgehead atoms. The van der Waals surface area contributed by atoms with Crippen molar-refractivity contribution in [2.45, 2.75) is 65.4 Å². The lowest BCUT2D eigenvalue weighted by atomic mass is 9.48. The zero-order chi connectivity index (χ0) is 16.4. The van der Waals surface area contributed by atoms with Gasteiger partial charge in [-0.15, -0.1) is 0 Å². The predicted molar refractivity (Wildman–Crippen MR) is 91.8 cm³/mol. The molecular formula is C21H30O2. The largest absolute Gasteiger partial charge is 0.389 e. The van der Waals surface area contributed by atoms with E-state index in [0.717, 1.165) is 19.3 Å². The van der Waals surface area contributed by atoms with E-state index in [2.05, 4.69) is 26.0 Å². The molecule has 0 saturated heterocycles. The van der Waals surface area contributed by atoms with Crippen LogP contribution in [0.25, 0.3) is 0 Å². The SMILES string of the molecule is CC(=O)[C@H]1CCC2C3CC=C4C[C@@H](O)C=C[C@]4(C)C3CC[C@@]21C. The van der Waals surface area contributed by atoms with Gasteiger partial charge in [-0.25, -0.2) is 0 Å². The van der Waals surface area contributed by atoms with E-state index in [9.17, 15) is 9.90 Å². The maximum atomic E-state index is 12.1. The van der Waals surface area contributed by atoms with Gasteiger partial charge in [-0.3, -0.25) is 4.79 Å². The molecule has 0 aromatic heterocycles. The molecule has 7 atom stereocenters. The Kier molecular flexibility index (Phi) is 3.43. The van der Waals surface area contributed by atoms with Crippen LogP contribution in [0.1, 0.15) is 59.3 Å². The van der Waals surface area contributed by atoms with Crippen LogP contribution in [-0.4, -0.2) is 17.0 Å². The summed E-state index contributed by atoms with van der Waals surface area (Å²) in [5, 5.41) is 9.98. The number of fused-ring (bicyclic) bond motifs is 5. The second-order valence-corrected chi connectivity index (χ2v) is 9.04. The lowest BCUT2D eigenvalue weighted by Gasteiger charge is -2.56. The molecule has 0 aliphatic heterocycles. The van der Waals surface area contributed by atoms with Gasteiger partial charge in [0.1, 0.15) is 5.78 Å². The quantitative estimate of drug-likeness (QED) is 0.733. The molecule has 1 N–H and O–H groups in total. The van der Waals surface area contributed by atoms with Gasteiger partial charge in [-0.1, -0.05) is 37.6 Å². The second kappa shape index (κ2) is 5.05. The molecule has 23 heavy (non-hydrogen) atoms. The molecule has 2 fully saturated rings. The summed E-state index contributed by atoms with van der Waals surface area (Å²) < 4.78 is 0. The fourth-order valence-electron chi connectivity index (χ4n) is 6.90. The Morgan fingerprint density at radius 1 is 1.22 bits per heavy atom. The summed E-state index contributed by atoms with van der Waals surface area (Å²) in [5.74, 6) is 2.80. The van der Waals surface area contributed by atoms with E-state index in [4.69, 9.17) is 0 Å². The molecule has 4 rings (SSSR count). The molecule has 4 aliphatic carbocycles. The van der Waals surface area contributed by atoms with Crippen molar-refractivity contribution in [3.8, 4) is 0 Å². The van der Waals surface area contributed by atoms with E-state index in [1.54, 1.807) is 6.92 Å². The van der Waals surface area contributed by atoms with E-state index in [1.807, 2.05) is 6.08 Å². The Morgan fingerprint density at radius 3 is 2.74 bits per heavy atom. The maximum Gasteiger partial charge on any atom is 0.133 e. The van der Waals surface area contributed by atoms with Crippen molar-refractivity contribution in [1.82, 2.24) is 0 Å². The van der Waals surface area contributed by atoms with Gasteiger partial charge in [0.05, 0.1) is 6.10 Å². The molecule has 2 saturated carbocycles. The van der Waals surface area contributed by atoms with Gasteiger partial charge < -0.3 is 5.11 Å². The van der Waals surface area contributed by atoms with Crippen LogP contribution in [0.4, 0.5) is 0 Å². The lowest BCUT2D eigenvalue weighted by molar-refractivity contribution is -0.126. The summed E-state index contributed by atoms with van der Waals surface area (Å²) in [6.45, 7) is 6.59. The molecule has 126 valence electrons. The number of rotatable bonds is 1. The van der Waals surface area contributed by atoms with Crippen LogP contribution in [-0.2, 0) is 4.79 Å². The van der Waals surface area contributed by atoms with Crippen molar-refractivity contribution in [1.29, 1.82) is 0 Å². The molecule has 0 heterocycles. The number of aliphatic hydroxyl groups excluding tert-OH is 1. The number of Topliss-reactive ketones (excluding diaryl/α,β-unsaturated/α-hetero) is 1. The third kappa shape index (κ3) is 2.06. The van der Waals surface area contributed by atoms with Crippen LogP contribution in [0.5, 0.6) is 0 Å². The second-order valence-electron chi connectivity index (χ2n) is 9.04. The number of hydrogen-bond donors (Lipinski definition) is 1. The summed E-state index contributed by atoms with van der Waals surface area (Å²) >= 11 is 0. The third-order valence-corrected chi connectivity index (χ3v) is 8.12. The summed E-state index contributed by atoms with van der Waals surface area (Å²) in [6.07, 6.45) is 13.2. The average molecular weight is 314 g/mol. The number of carbonyl (C=O) groups excluding carboxylic acids is 1. The van der Waals surface area contributed by atoms with Crippen LogP contribution in [0.15, 0.2) is 23.8 Å². The van der Waals surface area contributed by atoms with E-state index in [0.29, 0.717) is 23.5 Å². The van der Waals surface area contributed by atoms with Crippen LogP contribution in [0.3, 0.4) is 0 Å². The maximum absolute atomic E-state index is 12.1. The van der Waals surface area contributed by atoms with Crippen LogP contribution in [0.2, 0.25) is 0 Å². The molecule has 4 aliphatic rings. The Morgan fingerprint density at radius 2 is 2.00 bits per heavy atom. The number of carbonyl (C=O) groups is 1. The van der Waals surface area contributed by atoms with Gasteiger partial charge in [0.25, 0.3) is 0 Å².